The number of carbonyl (C=O) groups excluding carboxylic acids is 1. The summed E-state index contributed by atoms with van der Waals surface area (Å²) in [7, 11) is 3.26. The minimum absolute atomic E-state index is 0.0780. The minimum Gasteiger partial charge on any atom is -0.497 e. The van der Waals surface area contributed by atoms with E-state index in [9.17, 15) is 4.79 Å². The average molecular weight is 372 g/mol. The summed E-state index contributed by atoms with van der Waals surface area (Å²) in [6, 6.07) is 13.6. The van der Waals surface area contributed by atoms with E-state index in [1.54, 1.807) is 26.0 Å². The van der Waals surface area contributed by atoms with Crippen LogP contribution < -0.4 is 14.8 Å². The molecule has 1 aliphatic heterocycles. The molecule has 0 bridgehead atoms. The van der Waals surface area contributed by atoms with Gasteiger partial charge in [0.25, 0.3) is 0 Å². The molecule has 6 heteroatoms. The van der Waals surface area contributed by atoms with E-state index < -0.39 is 0 Å². The third kappa shape index (κ3) is 3.90. The van der Waals surface area contributed by atoms with Gasteiger partial charge in [0.1, 0.15) is 16.9 Å². The molecule has 0 saturated carbocycles. The Bertz CT molecular complexity index is 764. The maximum absolute atomic E-state index is 12.8. The smallest absolute Gasteiger partial charge is 0.323 e. The highest BCUT2D eigenvalue weighted by Crippen LogP contribution is 2.43. The van der Waals surface area contributed by atoms with Crippen molar-refractivity contribution in [3.63, 3.8) is 0 Å². The molecule has 3 rings (SSSR count). The quantitative estimate of drug-likeness (QED) is 0.837. The molecule has 0 aromatic heterocycles. The summed E-state index contributed by atoms with van der Waals surface area (Å²) in [4.78, 5) is 14.7. The van der Waals surface area contributed by atoms with Crippen LogP contribution in [0.4, 0.5) is 10.5 Å². The molecular weight excluding hydrogens is 348 g/mol. The predicted molar refractivity (Wildman–Crippen MR) is 106 cm³/mol. The van der Waals surface area contributed by atoms with Crippen molar-refractivity contribution < 1.29 is 14.3 Å². The molecule has 138 valence electrons. The van der Waals surface area contributed by atoms with E-state index in [1.807, 2.05) is 47.4 Å². The van der Waals surface area contributed by atoms with Gasteiger partial charge >= 0.3 is 6.03 Å². The zero-order chi connectivity index (χ0) is 18.5. The summed E-state index contributed by atoms with van der Waals surface area (Å²) in [5.41, 5.74) is 3.04. The van der Waals surface area contributed by atoms with Gasteiger partial charge in [-0.05, 0) is 36.2 Å². The first-order valence-corrected chi connectivity index (χ1v) is 9.71. The molecule has 1 saturated heterocycles. The van der Waals surface area contributed by atoms with Gasteiger partial charge in [-0.15, -0.1) is 11.8 Å². The van der Waals surface area contributed by atoms with Crippen molar-refractivity contribution in [1.82, 2.24) is 4.90 Å². The lowest BCUT2D eigenvalue weighted by molar-refractivity contribution is 0.213. The molecule has 0 spiro atoms. The molecule has 2 aromatic carbocycles. The second kappa shape index (κ2) is 8.36. The summed E-state index contributed by atoms with van der Waals surface area (Å²) in [6.45, 7) is 2.81. The van der Waals surface area contributed by atoms with E-state index in [0.29, 0.717) is 6.54 Å². The van der Waals surface area contributed by atoms with Crippen LogP contribution in [0.3, 0.4) is 0 Å². The highest BCUT2D eigenvalue weighted by atomic mass is 32.2. The van der Waals surface area contributed by atoms with E-state index in [0.717, 1.165) is 34.9 Å². The number of thioether (sulfide) groups is 1. The van der Waals surface area contributed by atoms with Gasteiger partial charge < -0.3 is 19.7 Å². The van der Waals surface area contributed by atoms with Gasteiger partial charge in [0.2, 0.25) is 0 Å². The van der Waals surface area contributed by atoms with Crippen LogP contribution in [0.1, 0.15) is 23.4 Å². The Morgan fingerprint density at radius 2 is 1.96 bits per heavy atom. The Kier molecular flexibility index (Phi) is 5.93. The molecule has 26 heavy (non-hydrogen) atoms. The highest BCUT2D eigenvalue weighted by Gasteiger charge is 2.32. The summed E-state index contributed by atoms with van der Waals surface area (Å²) >= 11 is 1.74. The molecule has 0 radical (unpaired) electrons. The maximum atomic E-state index is 12.8. The number of aryl methyl sites for hydroxylation is 1. The van der Waals surface area contributed by atoms with Gasteiger partial charge in [-0.1, -0.05) is 19.1 Å². The van der Waals surface area contributed by atoms with Crippen molar-refractivity contribution in [1.29, 1.82) is 0 Å². The van der Waals surface area contributed by atoms with Crippen LogP contribution in [-0.4, -0.2) is 37.4 Å². The van der Waals surface area contributed by atoms with Crippen LogP contribution in [0.2, 0.25) is 0 Å². The van der Waals surface area contributed by atoms with Crippen LogP contribution in [0.25, 0.3) is 0 Å². The van der Waals surface area contributed by atoms with E-state index in [4.69, 9.17) is 9.47 Å². The number of ether oxygens (including phenoxy) is 2. The monoisotopic (exact) mass is 372 g/mol. The lowest BCUT2D eigenvalue weighted by atomic mass is 10.1. The minimum atomic E-state index is -0.0953. The summed E-state index contributed by atoms with van der Waals surface area (Å²) in [6.07, 6.45) is 0.982. The van der Waals surface area contributed by atoms with Gasteiger partial charge in [-0.2, -0.15) is 0 Å². The van der Waals surface area contributed by atoms with Crippen LogP contribution in [0, 0.1) is 0 Å². The first kappa shape index (κ1) is 18.5. The molecule has 0 unspecified atom stereocenters. The van der Waals surface area contributed by atoms with Crippen LogP contribution in [0.15, 0.2) is 42.5 Å². The number of methoxy groups -OCH3 is 2. The zero-order valence-electron chi connectivity index (χ0n) is 15.3. The number of hydrogen-bond acceptors (Lipinski definition) is 4. The van der Waals surface area contributed by atoms with Crippen molar-refractivity contribution in [3.05, 3.63) is 53.6 Å². The summed E-state index contributed by atoms with van der Waals surface area (Å²) < 4.78 is 10.8. The van der Waals surface area contributed by atoms with E-state index in [2.05, 4.69) is 12.2 Å². The molecule has 1 N–H and O–H groups in total. The first-order chi connectivity index (χ1) is 12.7. The van der Waals surface area contributed by atoms with Gasteiger partial charge in [-0.3, -0.25) is 0 Å². The van der Waals surface area contributed by atoms with Gasteiger partial charge in [0, 0.05) is 29.6 Å². The van der Waals surface area contributed by atoms with Crippen molar-refractivity contribution in [2.24, 2.45) is 0 Å². The fourth-order valence-electron chi connectivity index (χ4n) is 2.98. The van der Waals surface area contributed by atoms with Gasteiger partial charge in [0.15, 0.2) is 0 Å². The second-order valence-electron chi connectivity index (χ2n) is 6.01. The number of amides is 2. The van der Waals surface area contributed by atoms with E-state index in [-0.39, 0.29) is 11.4 Å². The van der Waals surface area contributed by atoms with Crippen LogP contribution >= 0.6 is 11.8 Å². The Morgan fingerprint density at radius 3 is 2.62 bits per heavy atom. The largest absolute Gasteiger partial charge is 0.497 e. The van der Waals surface area contributed by atoms with Crippen LogP contribution in [0.5, 0.6) is 11.5 Å². The number of nitrogens with zero attached hydrogens (tertiary/aromatic N) is 1. The standard InChI is InChI=1S/C20H24N2O3S/c1-4-14-5-7-15(8-6-14)21-20(23)22-11-12-26-19(22)17-10-9-16(24-2)13-18(17)25-3/h5-10,13,19H,4,11-12H2,1-3H3,(H,21,23)/t19-/m1/s1. The fourth-order valence-corrected chi connectivity index (χ4v) is 4.26. The maximum Gasteiger partial charge on any atom is 0.323 e. The number of urea groups is 1. The molecule has 2 amide bonds. The fraction of sp³-hybridized carbons (Fsp3) is 0.350. The van der Waals surface area contributed by atoms with Crippen molar-refractivity contribution in [3.8, 4) is 11.5 Å². The van der Waals surface area contributed by atoms with Gasteiger partial charge in [0.05, 0.1) is 14.2 Å². The third-order valence-electron chi connectivity index (χ3n) is 4.47. The van der Waals surface area contributed by atoms with E-state index in [1.165, 1.54) is 5.56 Å². The van der Waals surface area contributed by atoms with Gasteiger partial charge in [-0.25, -0.2) is 4.79 Å². The number of nitrogens with one attached hydrogen (secondary N) is 1. The van der Waals surface area contributed by atoms with Crippen molar-refractivity contribution in [2.45, 2.75) is 18.7 Å². The second-order valence-corrected chi connectivity index (χ2v) is 7.19. The number of anilines is 1. The first-order valence-electron chi connectivity index (χ1n) is 8.66. The zero-order valence-corrected chi connectivity index (χ0v) is 16.1. The normalized spacial score (nSPS) is 16.4. The van der Waals surface area contributed by atoms with Crippen molar-refractivity contribution >= 4 is 23.5 Å². The lowest BCUT2D eigenvalue weighted by Crippen LogP contribution is -2.34. The van der Waals surface area contributed by atoms with Crippen molar-refractivity contribution in [2.75, 3.05) is 31.8 Å². The van der Waals surface area contributed by atoms with E-state index >= 15 is 0 Å². The molecule has 2 aromatic rings. The average Bonchev–Trinajstić information content (AvgIpc) is 3.17. The molecule has 1 heterocycles. The Balaban J connectivity index is 1.78. The number of hydrogen-bond donors (Lipinski definition) is 1. The Labute approximate surface area is 158 Å². The Hall–Kier alpha value is -2.34. The van der Waals surface area contributed by atoms with Crippen LogP contribution in [-0.2, 0) is 6.42 Å². The predicted octanol–water partition coefficient (Wildman–Crippen LogP) is 4.55. The molecule has 1 aliphatic rings. The molecular formula is C20H24N2O3S. The summed E-state index contributed by atoms with van der Waals surface area (Å²) in [5.74, 6) is 2.36. The summed E-state index contributed by atoms with van der Waals surface area (Å²) in [5, 5.41) is 2.93. The lowest BCUT2D eigenvalue weighted by Gasteiger charge is -2.26. The SMILES string of the molecule is CCc1ccc(NC(=O)N2CCS[C@@H]2c2ccc(OC)cc2OC)cc1. The molecule has 0 aliphatic carbocycles. The highest BCUT2D eigenvalue weighted by molar-refractivity contribution is 7.99. The molecule has 1 atom stereocenters. The Morgan fingerprint density at radius 1 is 1.19 bits per heavy atom. The topological polar surface area (TPSA) is 50.8 Å². The molecule has 5 nitrogen and oxygen atoms in total. The third-order valence-corrected chi connectivity index (χ3v) is 5.71. The number of rotatable bonds is 5. The molecule has 1 fully saturated rings. The number of benzene rings is 2. The number of carbonyl (C=O) groups is 1.